The smallest absolute Gasteiger partial charge is 0.223 e. The number of rotatable bonds is 8. The third kappa shape index (κ3) is 6.06. The number of hydrogen-bond donors (Lipinski definition) is 2. The quantitative estimate of drug-likeness (QED) is 0.723. The Morgan fingerprint density at radius 2 is 1.95 bits per heavy atom. The van der Waals surface area contributed by atoms with Gasteiger partial charge in [-0.3, -0.25) is 9.59 Å². The molecule has 0 spiro atoms. The van der Waals surface area contributed by atoms with Crippen LogP contribution in [-0.2, 0) is 16.0 Å². The van der Waals surface area contributed by atoms with E-state index in [1.807, 2.05) is 31.2 Å². The van der Waals surface area contributed by atoms with E-state index in [0.29, 0.717) is 24.4 Å². The van der Waals surface area contributed by atoms with Crippen LogP contribution >= 0.6 is 11.6 Å². The fourth-order valence-corrected chi connectivity index (χ4v) is 2.45. The van der Waals surface area contributed by atoms with Crippen LogP contribution in [-0.4, -0.2) is 24.4 Å². The number of halogens is 1. The van der Waals surface area contributed by atoms with Gasteiger partial charge in [-0.05, 0) is 50.3 Å². The minimum atomic E-state index is 0.0298. The maximum absolute atomic E-state index is 11.8. The first-order valence-electron chi connectivity index (χ1n) is 7.86. The van der Waals surface area contributed by atoms with Gasteiger partial charge < -0.3 is 10.6 Å². The number of carbonyl (C=O) groups is 2. The molecule has 0 radical (unpaired) electrons. The molecule has 1 fully saturated rings. The molecule has 0 bridgehead atoms. The average Bonchev–Trinajstić information content (AvgIpc) is 3.30. The van der Waals surface area contributed by atoms with Gasteiger partial charge in [-0.1, -0.05) is 23.7 Å². The van der Waals surface area contributed by atoms with E-state index >= 15 is 0 Å². The Labute approximate surface area is 136 Å². The largest absolute Gasteiger partial charge is 0.356 e. The van der Waals surface area contributed by atoms with Gasteiger partial charge in [0.2, 0.25) is 11.8 Å². The standard InChI is InChI=1S/C17H23ClN2O2/c1-12(11-13-4-8-15(18)9-5-13)20-16(21)3-2-10-19-17(22)14-6-7-14/h4-5,8-9,12,14H,2-3,6-7,10-11H2,1H3,(H,19,22)(H,20,21)/t12-/m1/s1. The van der Waals surface area contributed by atoms with Crippen molar-refractivity contribution in [1.29, 1.82) is 0 Å². The number of nitrogens with one attached hydrogen (secondary N) is 2. The molecule has 1 aliphatic carbocycles. The van der Waals surface area contributed by atoms with Crippen molar-refractivity contribution >= 4 is 23.4 Å². The Morgan fingerprint density at radius 3 is 2.59 bits per heavy atom. The molecule has 0 aliphatic heterocycles. The predicted molar refractivity (Wildman–Crippen MR) is 87.7 cm³/mol. The zero-order valence-electron chi connectivity index (χ0n) is 12.9. The molecule has 0 heterocycles. The van der Waals surface area contributed by atoms with Crippen molar-refractivity contribution in [2.45, 2.75) is 45.1 Å². The summed E-state index contributed by atoms with van der Waals surface area (Å²) in [7, 11) is 0. The fourth-order valence-electron chi connectivity index (χ4n) is 2.32. The molecule has 2 amide bonds. The van der Waals surface area contributed by atoms with Crippen LogP contribution in [0.2, 0.25) is 5.02 Å². The fraction of sp³-hybridized carbons (Fsp3) is 0.529. The molecular weight excluding hydrogens is 300 g/mol. The Morgan fingerprint density at radius 1 is 1.27 bits per heavy atom. The lowest BCUT2D eigenvalue weighted by atomic mass is 10.1. The monoisotopic (exact) mass is 322 g/mol. The Bertz CT molecular complexity index is 512. The van der Waals surface area contributed by atoms with Crippen LogP contribution in [0.15, 0.2) is 24.3 Å². The highest BCUT2D eigenvalue weighted by Crippen LogP contribution is 2.28. The molecule has 1 atom stereocenters. The van der Waals surface area contributed by atoms with Gasteiger partial charge in [-0.15, -0.1) is 0 Å². The molecule has 1 aromatic carbocycles. The van der Waals surface area contributed by atoms with Crippen molar-refractivity contribution < 1.29 is 9.59 Å². The Balaban J connectivity index is 1.59. The second-order valence-electron chi connectivity index (χ2n) is 5.97. The average molecular weight is 323 g/mol. The van der Waals surface area contributed by atoms with Crippen LogP contribution in [0.5, 0.6) is 0 Å². The lowest BCUT2D eigenvalue weighted by Crippen LogP contribution is -2.34. The number of amides is 2. The summed E-state index contributed by atoms with van der Waals surface area (Å²) in [6, 6.07) is 7.73. The molecule has 0 saturated heterocycles. The number of hydrogen-bond acceptors (Lipinski definition) is 2. The van der Waals surface area contributed by atoms with Gasteiger partial charge in [0, 0.05) is 29.9 Å². The van der Waals surface area contributed by atoms with Crippen molar-refractivity contribution in [1.82, 2.24) is 10.6 Å². The molecule has 0 unspecified atom stereocenters. The van der Waals surface area contributed by atoms with Gasteiger partial charge >= 0.3 is 0 Å². The lowest BCUT2D eigenvalue weighted by molar-refractivity contribution is -0.123. The molecule has 1 saturated carbocycles. The summed E-state index contributed by atoms with van der Waals surface area (Å²) in [6.07, 6.45) is 3.91. The number of benzene rings is 1. The van der Waals surface area contributed by atoms with E-state index in [2.05, 4.69) is 10.6 Å². The van der Waals surface area contributed by atoms with E-state index < -0.39 is 0 Å². The highest BCUT2D eigenvalue weighted by Gasteiger charge is 2.28. The Kier molecular flexibility index (Phi) is 6.25. The van der Waals surface area contributed by atoms with Gasteiger partial charge in [0.05, 0.1) is 0 Å². The van der Waals surface area contributed by atoms with E-state index in [9.17, 15) is 9.59 Å². The van der Waals surface area contributed by atoms with Crippen LogP contribution in [0.25, 0.3) is 0 Å². The first-order valence-corrected chi connectivity index (χ1v) is 8.24. The van der Waals surface area contributed by atoms with Crippen LogP contribution in [0.3, 0.4) is 0 Å². The van der Waals surface area contributed by atoms with E-state index in [1.165, 1.54) is 0 Å². The molecule has 4 nitrogen and oxygen atoms in total. The SMILES string of the molecule is C[C@H](Cc1ccc(Cl)cc1)NC(=O)CCCNC(=O)C1CC1. The molecule has 0 aromatic heterocycles. The van der Waals surface area contributed by atoms with E-state index in [1.54, 1.807) is 0 Å². The second kappa shape index (κ2) is 8.18. The lowest BCUT2D eigenvalue weighted by Gasteiger charge is -2.14. The molecule has 22 heavy (non-hydrogen) atoms. The minimum Gasteiger partial charge on any atom is -0.356 e. The summed E-state index contributed by atoms with van der Waals surface area (Å²) in [5.74, 6) is 0.395. The molecule has 5 heteroatoms. The van der Waals surface area contributed by atoms with Crippen molar-refractivity contribution in [3.05, 3.63) is 34.9 Å². The third-order valence-corrected chi connectivity index (χ3v) is 3.94. The second-order valence-corrected chi connectivity index (χ2v) is 6.40. The third-order valence-electron chi connectivity index (χ3n) is 3.69. The first kappa shape index (κ1) is 16.8. The van der Waals surface area contributed by atoms with Crippen molar-refractivity contribution in [3.8, 4) is 0 Å². The van der Waals surface area contributed by atoms with Crippen LogP contribution in [0.4, 0.5) is 0 Å². The zero-order valence-corrected chi connectivity index (χ0v) is 13.7. The summed E-state index contributed by atoms with van der Waals surface area (Å²) in [5.41, 5.74) is 1.15. The van der Waals surface area contributed by atoms with Crippen LogP contribution in [0, 0.1) is 5.92 Å². The van der Waals surface area contributed by atoms with Crippen molar-refractivity contribution in [3.63, 3.8) is 0 Å². The summed E-state index contributed by atoms with van der Waals surface area (Å²) in [5, 5.41) is 6.56. The summed E-state index contributed by atoms with van der Waals surface area (Å²) in [4.78, 5) is 23.3. The van der Waals surface area contributed by atoms with Crippen molar-refractivity contribution in [2.24, 2.45) is 5.92 Å². The summed E-state index contributed by atoms with van der Waals surface area (Å²) >= 11 is 5.85. The van der Waals surface area contributed by atoms with Crippen LogP contribution < -0.4 is 10.6 Å². The predicted octanol–water partition coefficient (Wildman–Crippen LogP) is 2.69. The summed E-state index contributed by atoms with van der Waals surface area (Å²) < 4.78 is 0. The van der Waals surface area contributed by atoms with Gasteiger partial charge in [-0.25, -0.2) is 0 Å². The normalized spacial score (nSPS) is 15.2. The first-order chi connectivity index (χ1) is 10.5. The molecular formula is C17H23ClN2O2. The minimum absolute atomic E-state index is 0.0298. The maximum atomic E-state index is 11.8. The van der Waals surface area contributed by atoms with Gasteiger partial charge in [0.15, 0.2) is 0 Å². The van der Waals surface area contributed by atoms with E-state index in [0.717, 1.165) is 24.8 Å². The highest BCUT2D eigenvalue weighted by molar-refractivity contribution is 6.30. The molecule has 120 valence electrons. The van der Waals surface area contributed by atoms with Gasteiger partial charge in [0.1, 0.15) is 0 Å². The van der Waals surface area contributed by atoms with Crippen molar-refractivity contribution in [2.75, 3.05) is 6.54 Å². The maximum Gasteiger partial charge on any atom is 0.223 e. The molecule has 2 rings (SSSR count). The topological polar surface area (TPSA) is 58.2 Å². The molecule has 1 aliphatic rings. The molecule has 1 aromatic rings. The van der Waals surface area contributed by atoms with Gasteiger partial charge in [-0.2, -0.15) is 0 Å². The molecule has 2 N–H and O–H groups in total. The van der Waals surface area contributed by atoms with Crippen LogP contribution in [0.1, 0.15) is 38.2 Å². The number of carbonyl (C=O) groups excluding carboxylic acids is 2. The summed E-state index contributed by atoms with van der Waals surface area (Å²) in [6.45, 7) is 2.57. The zero-order chi connectivity index (χ0) is 15.9. The van der Waals surface area contributed by atoms with Gasteiger partial charge in [0.25, 0.3) is 0 Å². The van der Waals surface area contributed by atoms with E-state index in [4.69, 9.17) is 11.6 Å². The highest BCUT2D eigenvalue weighted by atomic mass is 35.5. The van der Waals surface area contributed by atoms with E-state index in [-0.39, 0.29) is 23.8 Å². The Hall–Kier alpha value is -1.55.